The molecule has 4 rings (SSSR count). The number of benzene rings is 3. The Bertz CT molecular complexity index is 1300. The number of carbonyl (C=O) groups is 1. The summed E-state index contributed by atoms with van der Waals surface area (Å²) in [5.41, 5.74) is -0.176. The molecule has 1 aliphatic heterocycles. The van der Waals surface area contributed by atoms with E-state index in [4.69, 9.17) is 0 Å². The first-order valence-corrected chi connectivity index (χ1v) is 12.4. The summed E-state index contributed by atoms with van der Waals surface area (Å²) < 4.78 is 97.0. The van der Waals surface area contributed by atoms with Gasteiger partial charge in [0.25, 0.3) is 0 Å². The average Bonchev–Trinajstić information content (AvgIpc) is 2.89. The highest BCUT2D eigenvalue weighted by atomic mass is 19.4. The molecule has 2 atom stereocenters. The first-order valence-electron chi connectivity index (χ1n) is 12.4. The number of carboxylic acids is 1. The maximum atomic E-state index is 14.3. The van der Waals surface area contributed by atoms with E-state index in [0.717, 1.165) is 18.2 Å². The Kier molecular flexibility index (Phi) is 8.07. The van der Waals surface area contributed by atoms with Crippen LogP contribution in [0.5, 0.6) is 0 Å². The summed E-state index contributed by atoms with van der Waals surface area (Å²) in [6.07, 6.45) is -9.76. The lowest BCUT2D eigenvalue weighted by Gasteiger charge is -2.39. The molecule has 0 radical (unpaired) electrons. The number of likely N-dealkylation sites (tertiary alicyclic amines) is 1. The van der Waals surface area contributed by atoms with Gasteiger partial charge in [0, 0.05) is 0 Å². The lowest BCUT2D eigenvalue weighted by molar-refractivity contribution is -0.185. The number of carboxylic acid groups (broad SMARTS) is 1. The van der Waals surface area contributed by atoms with Crippen molar-refractivity contribution in [2.24, 2.45) is 5.92 Å². The predicted molar refractivity (Wildman–Crippen MR) is 132 cm³/mol. The fraction of sp³-hybridized carbons (Fsp3) is 0.345. The summed E-state index contributed by atoms with van der Waals surface area (Å²) in [4.78, 5) is 13.4. The molecule has 3 nitrogen and oxygen atoms in total. The number of rotatable bonds is 6. The summed E-state index contributed by atoms with van der Waals surface area (Å²) in [5.74, 6) is -5.01. The van der Waals surface area contributed by atoms with Crippen LogP contribution in [0.2, 0.25) is 0 Å². The number of alkyl halides is 6. The van der Waals surface area contributed by atoms with Crippen LogP contribution in [0.4, 0.5) is 30.7 Å². The van der Waals surface area contributed by atoms with Crippen LogP contribution in [0, 0.1) is 11.7 Å². The van der Waals surface area contributed by atoms with Crippen molar-refractivity contribution in [3.8, 4) is 11.1 Å². The normalized spacial score (nSPS) is 17.1. The lowest BCUT2D eigenvalue weighted by atomic mass is 9.83. The Hall–Kier alpha value is -3.40. The molecule has 1 N–H and O–H groups in total. The molecule has 0 aromatic heterocycles. The Morgan fingerprint density at radius 3 is 2.00 bits per heavy atom. The monoisotopic (exact) mass is 553 g/mol. The van der Waals surface area contributed by atoms with Gasteiger partial charge in [0.15, 0.2) is 0 Å². The minimum Gasteiger partial charge on any atom is -0.481 e. The second-order valence-corrected chi connectivity index (χ2v) is 9.76. The Morgan fingerprint density at radius 2 is 1.49 bits per heavy atom. The molecule has 0 unspecified atom stereocenters. The van der Waals surface area contributed by atoms with E-state index >= 15 is 0 Å². The number of aliphatic carboxylic acids is 1. The van der Waals surface area contributed by atoms with Crippen LogP contribution >= 0.6 is 0 Å². The summed E-state index contributed by atoms with van der Waals surface area (Å²) in [7, 11) is 0. The highest BCUT2D eigenvalue weighted by molar-refractivity contribution is 5.79. The second kappa shape index (κ2) is 11.0. The standard InChI is InChI=1S/C29H26F7NO2/c1-17(27(38)39)22-15-23(18-5-3-2-4-6-18)24(16-25(22)29(34,35)36)26(19-7-9-21(30)10-8-19)37-13-11-20(12-14-37)28(31,32)33/h2-10,15-17,20,26H,11-14H2,1H3,(H,38,39)/t17-,26+/m1/s1. The van der Waals surface area contributed by atoms with Gasteiger partial charge in [-0.05, 0) is 84.9 Å². The zero-order chi connectivity index (χ0) is 28.5. The van der Waals surface area contributed by atoms with E-state index in [9.17, 15) is 40.6 Å². The summed E-state index contributed by atoms with van der Waals surface area (Å²) in [5, 5.41) is 9.56. The van der Waals surface area contributed by atoms with E-state index < -0.39 is 53.1 Å². The van der Waals surface area contributed by atoms with Crippen LogP contribution in [0.15, 0.2) is 66.7 Å². The quantitative estimate of drug-likeness (QED) is 0.314. The number of hydrogen-bond donors (Lipinski definition) is 1. The molecule has 3 aromatic carbocycles. The molecule has 0 saturated carbocycles. The largest absolute Gasteiger partial charge is 0.481 e. The number of halogens is 7. The lowest BCUT2D eigenvalue weighted by Crippen LogP contribution is -2.41. The number of piperidine rings is 1. The van der Waals surface area contributed by atoms with Gasteiger partial charge >= 0.3 is 18.3 Å². The molecular formula is C29H26F7NO2. The van der Waals surface area contributed by atoms with Crippen LogP contribution in [0.3, 0.4) is 0 Å². The van der Waals surface area contributed by atoms with Crippen molar-refractivity contribution in [1.82, 2.24) is 4.90 Å². The van der Waals surface area contributed by atoms with Crippen molar-refractivity contribution in [2.45, 2.75) is 44.1 Å². The minimum atomic E-state index is -4.90. The van der Waals surface area contributed by atoms with Crippen molar-refractivity contribution in [2.75, 3.05) is 13.1 Å². The maximum absolute atomic E-state index is 14.3. The molecule has 10 heteroatoms. The third-order valence-corrected chi connectivity index (χ3v) is 7.29. The van der Waals surface area contributed by atoms with Gasteiger partial charge in [0.2, 0.25) is 0 Å². The van der Waals surface area contributed by atoms with Crippen LogP contribution in [0.1, 0.15) is 54.0 Å². The molecule has 1 saturated heterocycles. The van der Waals surface area contributed by atoms with Gasteiger partial charge in [-0.1, -0.05) is 42.5 Å². The smallest absolute Gasteiger partial charge is 0.416 e. The van der Waals surface area contributed by atoms with Gasteiger partial charge in [0.1, 0.15) is 5.82 Å². The van der Waals surface area contributed by atoms with Crippen LogP contribution in [-0.4, -0.2) is 35.2 Å². The van der Waals surface area contributed by atoms with Crippen molar-refractivity contribution in [3.63, 3.8) is 0 Å². The second-order valence-electron chi connectivity index (χ2n) is 9.76. The van der Waals surface area contributed by atoms with Crippen LogP contribution < -0.4 is 0 Å². The highest BCUT2D eigenvalue weighted by Gasteiger charge is 2.43. The Morgan fingerprint density at radius 1 is 0.897 bits per heavy atom. The molecule has 39 heavy (non-hydrogen) atoms. The number of hydrogen-bond acceptors (Lipinski definition) is 2. The Balaban J connectivity index is 1.96. The Labute approximate surface area is 220 Å². The molecule has 1 heterocycles. The van der Waals surface area contributed by atoms with Gasteiger partial charge in [-0.3, -0.25) is 9.69 Å². The average molecular weight is 554 g/mol. The van der Waals surface area contributed by atoms with E-state index in [1.807, 2.05) is 0 Å². The third kappa shape index (κ3) is 6.27. The van der Waals surface area contributed by atoms with Crippen LogP contribution in [-0.2, 0) is 11.0 Å². The van der Waals surface area contributed by atoms with E-state index in [1.165, 1.54) is 25.1 Å². The van der Waals surface area contributed by atoms with Gasteiger partial charge in [-0.15, -0.1) is 0 Å². The molecule has 1 aliphatic rings. The van der Waals surface area contributed by atoms with E-state index in [1.54, 1.807) is 35.2 Å². The topological polar surface area (TPSA) is 40.5 Å². The first kappa shape index (κ1) is 28.6. The van der Waals surface area contributed by atoms with Crippen molar-refractivity contribution >= 4 is 5.97 Å². The molecular weight excluding hydrogens is 527 g/mol. The molecule has 208 valence electrons. The molecule has 1 fully saturated rings. The van der Waals surface area contributed by atoms with E-state index in [0.29, 0.717) is 16.7 Å². The van der Waals surface area contributed by atoms with Crippen molar-refractivity contribution in [1.29, 1.82) is 0 Å². The molecule has 3 aromatic rings. The van der Waals surface area contributed by atoms with Gasteiger partial charge in [0.05, 0.1) is 23.4 Å². The van der Waals surface area contributed by atoms with Gasteiger partial charge < -0.3 is 5.11 Å². The van der Waals surface area contributed by atoms with Gasteiger partial charge in [-0.2, -0.15) is 26.3 Å². The fourth-order valence-corrected chi connectivity index (χ4v) is 5.18. The van der Waals surface area contributed by atoms with Crippen LogP contribution in [0.25, 0.3) is 11.1 Å². The summed E-state index contributed by atoms with van der Waals surface area (Å²) in [6, 6.07) is 14.7. The maximum Gasteiger partial charge on any atom is 0.416 e. The summed E-state index contributed by atoms with van der Waals surface area (Å²) in [6.45, 7) is 1.07. The molecule has 0 bridgehead atoms. The predicted octanol–water partition coefficient (Wildman–Crippen LogP) is 8.06. The SMILES string of the molecule is C[C@@H](C(=O)O)c1cc(-c2ccccc2)c([C@H](c2ccc(F)cc2)N2CCC(C(F)(F)F)CC2)cc1C(F)(F)F. The summed E-state index contributed by atoms with van der Waals surface area (Å²) >= 11 is 0. The highest BCUT2D eigenvalue weighted by Crippen LogP contribution is 2.45. The van der Waals surface area contributed by atoms with Crippen molar-refractivity contribution < 1.29 is 40.6 Å². The molecule has 0 spiro atoms. The number of nitrogens with zero attached hydrogens (tertiary/aromatic N) is 1. The molecule has 0 amide bonds. The third-order valence-electron chi connectivity index (χ3n) is 7.29. The van der Waals surface area contributed by atoms with E-state index in [-0.39, 0.29) is 31.5 Å². The zero-order valence-corrected chi connectivity index (χ0v) is 20.9. The molecule has 0 aliphatic carbocycles. The minimum absolute atomic E-state index is 0.0465. The first-order chi connectivity index (χ1) is 18.3. The van der Waals surface area contributed by atoms with Gasteiger partial charge in [-0.25, -0.2) is 4.39 Å². The van der Waals surface area contributed by atoms with E-state index in [2.05, 4.69) is 0 Å². The fourth-order valence-electron chi connectivity index (χ4n) is 5.18. The van der Waals surface area contributed by atoms with Crippen molar-refractivity contribution in [3.05, 3.63) is 94.8 Å². The zero-order valence-electron chi connectivity index (χ0n) is 20.9.